The first-order valence-corrected chi connectivity index (χ1v) is 35.1. The number of carbonyl (C=O) groups excluding carboxylic acids is 1. The Morgan fingerprint density at radius 2 is 0.734 bits per heavy atom. The van der Waals surface area contributed by atoms with Crippen LogP contribution >= 0.6 is 0 Å². The summed E-state index contributed by atoms with van der Waals surface area (Å²) in [5, 5.41) is 120. The molecule has 1 amide bonds. The lowest BCUT2D eigenvalue weighted by atomic mass is 9.96. The van der Waals surface area contributed by atoms with Crippen LogP contribution in [0.25, 0.3) is 0 Å². The van der Waals surface area contributed by atoms with Gasteiger partial charge in [0.1, 0.15) is 73.2 Å². The maximum absolute atomic E-state index is 13.3. The van der Waals surface area contributed by atoms with Crippen molar-refractivity contribution in [2.45, 2.75) is 291 Å². The van der Waals surface area contributed by atoms with Crippen molar-refractivity contribution in [2.75, 3.05) is 26.4 Å². The van der Waals surface area contributed by atoms with Crippen LogP contribution in [-0.4, -0.2) is 193 Å². The Kier molecular flexibility index (Phi) is 48.8. The van der Waals surface area contributed by atoms with Crippen LogP contribution in [0.1, 0.15) is 187 Å². The number of unbranched alkanes of at least 4 members (excludes halogenated alkanes) is 11. The number of ether oxygens (including phenoxy) is 6. The van der Waals surface area contributed by atoms with E-state index in [9.17, 15) is 61.0 Å². The Morgan fingerprint density at radius 1 is 0.394 bits per heavy atom. The van der Waals surface area contributed by atoms with Crippen LogP contribution in [0.4, 0.5) is 0 Å². The normalized spacial score (nSPS) is 28.3. The average Bonchev–Trinajstić information content (AvgIpc) is 0.834. The monoisotopic (exact) mass is 1320 g/mol. The molecule has 19 heteroatoms. The quantitative estimate of drug-likeness (QED) is 0.0199. The number of nitrogens with one attached hydrogen (secondary N) is 1. The van der Waals surface area contributed by atoms with Gasteiger partial charge in [-0.15, -0.1) is 0 Å². The zero-order valence-electron chi connectivity index (χ0n) is 56.4. The molecule has 19 nitrogen and oxygen atoms in total. The van der Waals surface area contributed by atoms with E-state index >= 15 is 0 Å². The number of aliphatic hydroxyl groups excluding tert-OH is 11. The molecule has 0 radical (unpaired) electrons. The Balaban J connectivity index is 1.31. The molecule has 3 aliphatic heterocycles. The van der Waals surface area contributed by atoms with E-state index in [0.717, 1.165) is 135 Å². The average molecular weight is 1320 g/mol. The molecule has 0 aromatic carbocycles. The van der Waals surface area contributed by atoms with Crippen LogP contribution in [0.3, 0.4) is 0 Å². The van der Waals surface area contributed by atoms with Crippen LogP contribution < -0.4 is 5.32 Å². The molecule has 3 rings (SSSR count). The zero-order valence-corrected chi connectivity index (χ0v) is 56.4. The van der Waals surface area contributed by atoms with Gasteiger partial charge in [-0.3, -0.25) is 4.79 Å². The highest BCUT2D eigenvalue weighted by Gasteiger charge is 2.53. The summed E-state index contributed by atoms with van der Waals surface area (Å²) in [6.45, 7) is 1.58. The zero-order chi connectivity index (χ0) is 68.2. The van der Waals surface area contributed by atoms with Crippen LogP contribution in [0.15, 0.2) is 146 Å². The lowest BCUT2D eigenvalue weighted by molar-refractivity contribution is -0.379. The van der Waals surface area contributed by atoms with E-state index in [1.807, 2.05) is 0 Å². The van der Waals surface area contributed by atoms with Crippen LogP contribution in [-0.2, 0) is 33.2 Å². The Hall–Kier alpha value is -4.33. The first kappa shape index (κ1) is 83.9. The van der Waals surface area contributed by atoms with Gasteiger partial charge in [-0.05, 0) is 103 Å². The van der Waals surface area contributed by atoms with Crippen molar-refractivity contribution in [3.63, 3.8) is 0 Å². The second-order valence-electron chi connectivity index (χ2n) is 24.3. The van der Waals surface area contributed by atoms with Gasteiger partial charge < -0.3 is 89.9 Å². The standard InChI is InChI=1S/C75H121NO18/c1-3-5-7-9-11-13-14-15-16-17-18-19-20-21-22-23-24-25-26-27-28-29-30-31-32-33-34-35-36-37-38-39-40-41-42-43-44-45-47-49-51-53-63(81)76-58(59(80)52-50-48-46-12-10-8-6-4-2)57-89-73-69(87)66(84)71(61(55-78)91-73)94-75-70(88)67(85)72(62(56-79)92-75)93-74-68(86)65(83)64(82)60(54-77)90-74/h5,7,11,13,15-16,18-19,21-22,24-25,27-28,30-31,33-34,36-37,39-40,42-43,58-62,64-75,77-80,82-88H,3-4,6,8-10,12,14,17,20,23,26,29,32,35,38,41,44-57H2,1-2H3,(H,76,81)/b7-5-,13-11-,16-15-,19-18-,22-21-,25-24-,28-27-,31-30-,34-33-,37-36-,40-39-,43-42-. The Bertz CT molecular complexity index is 2270. The molecule has 3 fully saturated rings. The van der Waals surface area contributed by atoms with E-state index in [1.54, 1.807) is 0 Å². The SMILES string of the molecule is CC/C=C\C/C=C\C/C=C\C/C=C\C/C=C\C/C=C\C/C=C\C/C=C\C/C=C\C/C=C\C/C=C\C/C=C\CCCCCCC(=O)NC(COC1OC(CO)C(OC2OC(CO)C(OC3OC(CO)C(O)C(O)C3O)C(O)C2O)C(O)C1O)C(O)CCCCCCCCCC. The molecule has 17 unspecified atom stereocenters. The number of hydrogen-bond acceptors (Lipinski definition) is 18. The summed E-state index contributed by atoms with van der Waals surface area (Å²) in [5.41, 5.74) is 0. The molecule has 0 spiro atoms. The van der Waals surface area contributed by atoms with E-state index < -0.39 is 124 Å². The molecule has 94 heavy (non-hydrogen) atoms. The maximum atomic E-state index is 13.3. The van der Waals surface area contributed by atoms with E-state index in [-0.39, 0.29) is 18.9 Å². The fourth-order valence-corrected chi connectivity index (χ4v) is 10.8. The minimum absolute atomic E-state index is 0.226. The molecule has 0 aromatic rings. The topological polar surface area (TPSA) is 307 Å². The van der Waals surface area contributed by atoms with Crippen molar-refractivity contribution in [1.82, 2.24) is 5.32 Å². The summed E-state index contributed by atoms with van der Waals surface area (Å²) in [6.07, 6.45) is 51.2. The Morgan fingerprint density at radius 3 is 1.15 bits per heavy atom. The van der Waals surface area contributed by atoms with Gasteiger partial charge in [-0.2, -0.15) is 0 Å². The highest BCUT2D eigenvalue weighted by molar-refractivity contribution is 5.76. The summed E-state index contributed by atoms with van der Waals surface area (Å²) in [7, 11) is 0. The summed E-state index contributed by atoms with van der Waals surface area (Å²) < 4.78 is 34.2. The van der Waals surface area contributed by atoms with Crippen LogP contribution in [0, 0.1) is 0 Å². The molecule has 3 aliphatic rings. The Labute approximate surface area is 562 Å². The van der Waals surface area contributed by atoms with Crippen molar-refractivity contribution in [2.24, 2.45) is 0 Å². The fraction of sp³-hybridized carbons (Fsp3) is 0.667. The molecular weight excluding hydrogens is 1200 g/mol. The lowest BCUT2D eigenvalue weighted by Gasteiger charge is -2.48. The van der Waals surface area contributed by atoms with Crippen molar-refractivity contribution < 1.29 is 89.4 Å². The lowest BCUT2D eigenvalue weighted by Crippen LogP contribution is -2.66. The highest BCUT2D eigenvalue weighted by Crippen LogP contribution is 2.33. The minimum atomic E-state index is -1.98. The minimum Gasteiger partial charge on any atom is -0.394 e. The second-order valence-corrected chi connectivity index (χ2v) is 24.3. The molecule has 0 aromatic heterocycles. The molecule has 12 N–H and O–H groups in total. The van der Waals surface area contributed by atoms with Gasteiger partial charge in [0.15, 0.2) is 18.9 Å². The van der Waals surface area contributed by atoms with Gasteiger partial charge in [0.05, 0.1) is 38.6 Å². The molecule has 17 atom stereocenters. The number of hydrogen-bond donors (Lipinski definition) is 12. The summed E-state index contributed by atoms with van der Waals surface area (Å²) >= 11 is 0. The van der Waals surface area contributed by atoms with E-state index in [1.165, 1.54) is 12.8 Å². The second kappa shape index (κ2) is 54.7. The number of amides is 1. The van der Waals surface area contributed by atoms with Crippen LogP contribution in [0.5, 0.6) is 0 Å². The van der Waals surface area contributed by atoms with Crippen molar-refractivity contribution in [3.8, 4) is 0 Å². The third-order valence-electron chi connectivity index (χ3n) is 16.4. The summed E-state index contributed by atoms with van der Waals surface area (Å²) in [6, 6.07) is -0.909. The summed E-state index contributed by atoms with van der Waals surface area (Å²) in [4.78, 5) is 13.3. The highest BCUT2D eigenvalue weighted by atomic mass is 16.8. The first-order chi connectivity index (χ1) is 45.8. The maximum Gasteiger partial charge on any atom is 0.220 e. The smallest absolute Gasteiger partial charge is 0.220 e. The first-order valence-electron chi connectivity index (χ1n) is 35.1. The predicted octanol–water partition coefficient (Wildman–Crippen LogP) is 9.54. The third kappa shape index (κ3) is 35.8. The van der Waals surface area contributed by atoms with E-state index in [0.29, 0.717) is 19.3 Å². The van der Waals surface area contributed by atoms with E-state index in [4.69, 9.17) is 28.4 Å². The molecule has 0 aliphatic carbocycles. The van der Waals surface area contributed by atoms with Gasteiger partial charge in [-0.25, -0.2) is 0 Å². The number of carbonyl (C=O) groups is 1. The van der Waals surface area contributed by atoms with Gasteiger partial charge in [0.25, 0.3) is 0 Å². The summed E-state index contributed by atoms with van der Waals surface area (Å²) in [5.74, 6) is -0.278. The van der Waals surface area contributed by atoms with Crippen molar-refractivity contribution in [1.29, 1.82) is 0 Å². The molecule has 3 heterocycles. The number of allylic oxidation sites excluding steroid dienone is 24. The largest absolute Gasteiger partial charge is 0.394 e. The molecule has 3 saturated heterocycles. The van der Waals surface area contributed by atoms with Gasteiger partial charge in [0.2, 0.25) is 5.91 Å². The van der Waals surface area contributed by atoms with E-state index in [2.05, 4.69) is 165 Å². The van der Waals surface area contributed by atoms with Crippen LogP contribution in [0.2, 0.25) is 0 Å². The van der Waals surface area contributed by atoms with Crippen molar-refractivity contribution >= 4 is 5.91 Å². The van der Waals surface area contributed by atoms with Gasteiger partial charge >= 0.3 is 0 Å². The molecule has 0 bridgehead atoms. The number of rotatable bonds is 51. The third-order valence-corrected chi connectivity index (χ3v) is 16.4. The van der Waals surface area contributed by atoms with Gasteiger partial charge in [0, 0.05) is 6.42 Å². The predicted molar refractivity (Wildman–Crippen MR) is 369 cm³/mol. The molecule has 534 valence electrons. The van der Waals surface area contributed by atoms with Gasteiger partial charge in [-0.1, -0.05) is 224 Å². The van der Waals surface area contributed by atoms with Crippen molar-refractivity contribution in [3.05, 3.63) is 146 Å². The molecule has 0 saturated carbocycles. The fourth-order valence-electron chi connectivity index (χ4n) is 10.8. The number of aliphatic hydroxyl groups is 11. The molecular formula is C75H121NO18.